The van der Waals surface area contributed by atoms with Crippen molar-refractivity contribution in [3.05, 3.63) is 0 Å². The summed E-state index contributed by atoms with van der Waals surface area (Å²) in [5.41, 5.74) is 0. The predicted molar refractivity (Wildman–Crippen MR) is 39.6 cm³/mol. The molecule has 58 valence electrons. The molecule has 0 heterocycles. The molecule has 0 aromatic heterocycles. The van der Waals surface area contributed by atoms with Crippen LogP contribution in [0.3, 0.4) is 0 Å². The SMILES string of the molecule is COCCN(C)C(C)C#N. The third-order valence-electron chi connectivity index (χ3n) is 1.50. The van der Waals surface area contributed by atoms with Crippen LogP contribution in [0.1, 0.15) is 6.92 Å². The third kappa shape index (κ3) is 3.44. The molecule has 0 saturated carbocycles. The predicted octanol–water partition coefficient (Wildman–Crippen LogP) is 0.477. The monoisotopic (exact) mass is 142 g/mol. The second kappa shape index (κ2) is 5.21. The molecule has 0 radical (unpaired) electrons. The van der Waals surface area contributed by atoms with Gasteiger partial charge in [0.05, 0.1) is 18.7 Å². The molecule has 0 rings (SSSR count). The average Bonchev–Trinajstić information content (AvgIpc) is 1.98. The molecule has 0 N–H and O–H groups in total. The second-order valence-electron chi connectivity index (χ2n) is 2.28. The lowest BCUT2D eigenvalue weighted by molar-refractivity contribution is 0.154. The van der Waals surface area contributed by atoms with E-state index < -0.39 is 0 Å². The van der Waals surface area contributed by atoms with Gasteiger partial charge in [-0.25, -0.2) is 0 Å². The lowest BCUT2D eigenvalue weighted by Crippen LogP contribution is -2.30. The minimum Gasteiger partial charge on any atom is -0.383 e. The quantitative estimate of drug-likeness (QED) is 0.572. The summed E-state index contributed by atoms with van der Waals surface area (Å²) in [6.07, 6.45) is 0. The molecule has 3 heteroatoms. The van der Waals surface area contributed by atoms with E-state index in [4.69, 9.17) is 10.00 Å². The summed E-state index contributed by atoms with van der Waals surface area (Å²) in [6, 6.07) is 2.13. The van der Waals surface area contributed by atoms with Crippen LogP contribution in [0.15, 0.2) is 0 Å². The minimum absolute atomic E-state index is 0.0184. The Kier molecular flexibility index (Phi) is 4.91. The van der Waals surface area contributed by atoms with E-state index in [2.05, 4.69) is 6.07 Å². The van der Waals surface area contributed by atoms with Crippen molar-refractivity contribution >= 4 is 0 Å². The standard InChI is InChI=1S/C7H14N2O/c1-7(6-8)9(2)4-5-10-3/h7H,4-5H2,1-3H3. The lowest BCUT2D eigenvalue weighted by atomic mass is 10.3. The zero-order valence-corrected chi connectivity index (χ0v) is 6.79. The summed E-state index contributed by atoms with van der Waals surface area (Å²) >= 11 is 0. The number of nitrogens with zero attached hydrogens (tertiary/aromatic N) is 2. The Bertz CT molecular complexity index is 119. The largest absolute Gasteiger partial charge is 0.383 e. The van der Waals surface area contributed by atoms with Crippen molar-refractivity contribution in [2.45, 2.75) is 13.0 Å². The van der Waals surface area contributed by atoms with Gasteiger partial charge in [0.2, 0.25) is 0 Å². The number of hydrogen-bond acceptors (Lipinski definition) is 3. The highest BCUT2D eigenvalue weighted by atomic mass is 16.5. The van der Waals surface area contributed by atoms with Gasteiger partial charge in [0.15, 0.2) is 0 Å². The molecule has 0 aliphatic carbocycles. The summed E-state index contributed by atoms with van der Waals surface area (Å²) in [5.74, 6) is 0. The molecule has 1 atom stereocenters. The maximum Gasteiger partial charge on any atom is 0.0947 e. The number of hydrogen-bond donors (Lipinski definition) is 0. The van der Waals surface area contributed by atoms with E-state index in [-0.39, 0.29) is 6.04 Å². The van der Waals surface area contributed by atoms with Gasteiger partial charge in [-0.1, -0.05) is 0 Å². The van der Waals surface area contributed by atoms with E-state index >= 15 is 0 Å². The first kappa shape index (κ1) is 9.41. The van der Waals surface area contributed by atoms with Crippen LogP contribution in [0.2, 0.25) is 0 Å². The van der Waals surface area contributed by atoms with Crippen molar-refractivity contribution in [3.8, 4) is 6.07 Å². The highest BCUT2D eigenvalue weighted by Crippen LogP contribution is 1.91. The normalized spacial score (nSPS) is 13.1. The smallest absolute Gasteiger partial charge is 0.0947 e. The fourth-order valence-corrected chi connectivity index (χ4v) is 0.527. The second-order valence-corrected chi connectivity index (χ2v) is 2.28. The molecular weight excluding hydrogens is 128 g/mol. The topological polar surface area (TPSA) is 36.3 Å². The summed E-state index contributed by atoms with van der Waals surface area (Å²) in [5, 5.41) is 8.47. The van der Waals surface area contributed by atoms with Crippen LogP contribution >= 0.6 is 0 Å². The van der Waals surface area contributed by atoms with Crippen molar-refractivity contribution < 1.29 is 4.74 Å². The Morgan fingerprint density at radius 1 is 1.70 bits per heavy atom. The Labute approximate surface area is 62.2 Å². The summed E-state index contributed by atoms with van der Waals surface area (Å²) in [7, 11) is 3.57. The number of nitriles is 1. The van der Waals surface area contributed by atoms with Gasteiger partial charge < -0.3 is 4.74 Å². The van der Waals surface area contributed by atoms with E-state index in [0.717, 1.165) is 6.54 Å². The molecule has 0 spiro atoms. The Morgan fingerprint density at radius 3 is 2.70 bits per heavy atom. The molecule has 0 aromatic rings. The molecule has 0 aliphatic heterocycles. The van der Waals surface area contributed by atoms with Gasteiger partial charge in [-0.3, -0.25) is 4.90 Å². The van der Waals surface area contributed by atoms with Gasteiger partial charge in [0.1, 0.15) is 0 Å². The molecule has 0 aromatic carbocycles. The zero-order valence-electron chi connectivity index (χ0n) is 6.79. The first-order chi connectivity index (χ1) is 4.72. The number of likely N-dealkylation sites (N-methyl/N-ethyl adjacent to an activating group) is 1. The molecule has 0 amide bonds. The summed E-state index contributed by atoms with van der Waals surface area (Å²) in [6.45, 7) is 3.36. The highest BCUT2D eigenvalue weighted by molar-refractivity contribution is 4.86. The summed E-state index contributed by atoms with van der Waals surface area (Å²) in [4.78, 5) is 1.95. The first-order valence-electron chi connectivity index (χ1n) is 3.31. The van der Waals surface area contributed by atoms with Crippen LogP contribution in [0.5, 0.6) is 0 Å². The Hall–Kier alpha value is -0.590. The van der Waals surface area contributed by atoms with Gasteiger partial charge in [-0.15, -0.1) is 0 Å². The fraction of sp³-hybridized carbons (Fsp3) is 0.857. The van der Waals surface area contributed by atoms with Gasteiger partial charge in [-0.2, -0.15) is 5.26 Å². The first-order valence-corrected chi connectivity index (χ1v) is 3.31. The third-order valence-corrected chi connectivity index (χ3v) is 1.50. The zero-order chi connectivity index (χ0) is 7.98. The van der Waals surface area contributed by atoms with Crippen LogP contribution < -0.4 is 0 Å². The highest BCUT2D eigenvalue weighted by Gasteiger charge is 2.05. The van der Waals surface area contributed by atoms with Crippen molar-refractivity contribution in [1.82, 2.24) is 4.90 Å². The number of ether oxygens (including phenoxy) is 1. The maximum atomic E-state index is 8.47. The van der Waals surface area contributed by atoms with Gasteiger partial charge >= 0.3 is 0 Å². The molecule has 10 heavy (non-hydrogen) atoms. The van der Waals surface area contributed by atoms with Crippen molar-refractivity contribution in [1.29, 1.82) is 5.26 Å². The number of methoxy groups -OCH3 is 1. The van der Waals surface area contributed by atoms with Crippen LogP contribution in [-0.2, 0) is 4.74 Å². The minimum atomic E-state index is -0.0184. The van der Waals surface area contributed by atoms with Crippen LogP contribution in [0.4, 0.5) is 0 Å². The van der Waals surface area contributed by atoms with Gasteiger partial charge in [0, 0.05) is 13.7 Å². The van der Waals surface area contributed by atoms with E-state index in [1.165, 1.54) is 0 Å². The van der Waals surface area contributed by atoms with E-state index in [0.29, 0.717) is 6.61 Å². The number of rotatable bonds is 4. The average molecular weight is 142 g/mol. The molecule has 0 saturated heterocycles. The molecule has 1 unspecified atom stereocenters. The lowest BCUT2D eigenvalue weighted by Gasteiger charge is -2.17. The molecule has 0 bridgehead atoms. The molecular formula is C7H14N2O. The Balaban J connectivity index is 3.43. The van der Waals surface area contributed by atoms with Crippen molar-refractivity contribution in [2.75, 3.05) is 27.3 Å². The summed E-state index contributed by atoms with van der Waals surface area (Å²) < 4.78 is 4.86. The van der Waals surface area contributed by atoms with E-state index in [9.17, 15) is 0 Å². The van der Waals surface area contributed by atoms with E-state index in [1.807, 2.05) is 18.9 Å². The maximum absolute atomic E-state index is 8.47. The molecule has 0 fully saturated rings. The van der Waals surface area contributed by atoms with Crippen LogP contribution in [0.25, 0.3) is 0 Å². The Morgan fingerprint density at radius 2 is 2.30 bits per heavy atom. The fourth-order valence-electron chi connectivity index (χ4n) is 0.527. The van der Waals surface area contributed by atoms with Gasteiger partial charge in [0.25, 0.3) is 0 Å². The van der Waals surface area contributed by atoms with E-state index in [1.54, 1.807) is 7.11 Å². The van der Waals surface area contributed by atoms with Crippen LogP contribution in [-0.4, -0.2) is 38.3 Å². The molecule has 0 aliphatic rings. The van der Waals surface area contributed by atoms with Crippen molar-refractivity contribution in [3.63, 3.8) is 0 Å². The van der Waals surface area contributed by atoms with Crippen molar-refractivity contribution in [2.24, 2.45) is 0 Å². The van der Waals surface area contributed by atoms with Gasteiger partial charge in [-0.05, 0) is 14.0 Å². The molecule has 3 nitrogen and oxygen atoms in total. The van der Waals surface area contributed by atoms with Crippen LogP contribution in [0, 0.1) is 11.3 Å².